The van der Waals surface area contributed by atoms with E-state index < -0.39 is 5.91 Å². The number of benzene rings is 1. The Balaban J connectivity index is 1.66. The zero-order chi connectivity index (χ0) is 22.1. The largest absolute Gasteiger partial charge is 0.492 e. The third kappa shape index (κ3) is 6.56. The van der Waals surface area contributed by atoms with Crippen molar-refractivity contribution in [1.82, 2.24) is 9.97 Å². The van der Waals surface area contributed by atoms with Gasteiger partial charge in [-0.1, -0.05) is 17.7 Å². The first-order valence-corrected chi connectivity index (χ1v) is 11.0. The van der Waals surface area contributed by atoms with Crippen LogP contribution in [-0.4, -0.2) is 35.3 Å². The lowest BCUT2D eigenvalue weighted by Crippen LogP contribution is -2.17. The van der Waals surface area contributed by atoms with Gasteiger partial charge >= 0.3 is 0 Å². The molecule has 0 atom stereocenters. The molecule has 0 radical (unpaired) electrons. The number of hydrogen-bond acceptors (Lipinski definition) is 8. The second kappa shape index (κ2) is 11.5. The Morgan fingerprint density at radius 2 is 2.10 bits per heavy atom. The summed E-state index contributed by atoms with van der Waals surface area (Å²) in [6.45, 7) is 1.03. The lowest BCUT2D eigenvalue weighted by Gasteiger charge is -2.14. The van der Waals surface area contributed by atoms with Gasteiger partial charge in [0.1, 0.15) is 24.8 Å². The van der Waals surface area contributed by atoms with Crippen molar-refractivity contribution in [2.45, 2.75) is 11.5 Å². The molecule has 0 unspecified atom stereocenters. The Labute approximate surface area is 189 Å². The number of thioether (sulfide) groups is 1. The fourth-order valence-electron chi connectivity index (χ4n) is 2.57. The highest BCUT2D eigenvalue weighted by Crippen LogP contribution is 2.26. The average molecular weight is 460 g/mol. The van der Waals surface area contributed by atoms with Crippen LogP contribution in [0.1, 0.15) is 16.1 Å². The molecule has 10 heteroatoms. The Morgan fingerprint density at radius 3 is 2.84 bits per heavy atom. The van der Waals surface area contributed by atoms with Crippen molar-refractivity contribution < 1.29 is 14.4 Å². The number of nitrogens with two attached hydrogens (primary N) is 1. The maximum Gasteiger partial charge on any atom is 0.277 e. The quantitative estimate of drug-likeness (QED) is 0.308. The molecular formula is C21H22ClN5O3S. The van der Waals surface area contributed by atoms with E-state index in [4.69, 9.17) is 26.9 Å². The molecule has 0 bridgehead atoms. The molecule has 0 spiro atoms. The van der Waals surface area contributed by atoms with Crippen LogP contribution in [0.25, 0.3) is 0 Å². The van der Waals surface area contributed by atoms with E-state index in [1.165, 1.54) is 12.4 Å². The molecule has 2 aromatic heterocycles. The second-order valence-electron chi connectivity index (χ2n) is 6.22. The SMILES string of the molecule is CSc1ccc(CONc2cccnc2C(=O)Nc2ccc(Cl)cn2)c(OCCN)c1. The van der Waals surface area contributed by atoms with E-state index in [1.54, 1.807) is 36.0 Å². The molecule has 1 amide bonds. The molecule has 0 aliphatic heterocycles. The summed E-state index contributed by atoms with van der Waals surface area (Å²) in [4.78, 5) is 27.5. The minimum Gasteiger partial charge on any atom is -0.492 e. The number of pyridine rings is 2. The van der Waals surface area contributed by atoms with Gasteiger partial charge in [0, 0.05) is 29.4 Å². The first-order chi connectivity index (χ1) is 15.1. The van der Waals surface area contributed by atoms with Crippen LogP contribution in [0.5, 0.6) is 5.75 Å². The van der Waals surface area contributed by atoms with Crippen molar-refractivity contribution in [3.05, 3.63) is 71.1 Å². The summed E-state index contributed by atoms with van der Waals surface area (Å²) < 4.78 is 5.73. The van der Waals surface area contributed by atoms with Gasteiger partial charge in [-0.2, -0.15) is 0 Å². The highest BCUT2D eigenvalue weighted by atomic mass is 35.5. The van der Waals surface area contributed by atoms with E-state index in [-0.39, 0.29) is 12.3 Å². The lowest BCUT2D eigenvalue weighted by atomic mass is 10.2. The number of ether oxygens (including phenoxy) is 1. The van der Waals surface area contributed by atoms with Crippen molar-refractivity contribution in [3.63, 3.8) is 0 Å². The van der Waals surface area contributed by atoms with Crippen molar-refractivity contribution in [1.29, 1.82) is 0 Å². The Hall–Kier alpha value is -2.85. The summed E-state index contributed by atoms with van der Waals surface area (Å²) >= 11 is 7.44. The van der Waals surface area contributed by atoms with E-state index in [1.807, 2.05) is 24.5 Å². The summed E-state index contributed by atoms with van der Waals surface area (Å²) in [5, 5.41) is 3.16. The van der Waals surface area contributed by atoms with E-state index in [2.05, 4.69) is 20.8 Å². The number of anilines is 2. The molecule has 3 aromatic rings. The van der Waals surface area contributed by atoms with Crippen LogP contribution in [0.3, 0.4) is 0 Å². The van der Waals surface area contributed by atoms with Gasteiger partial charge < -0.3 is 15.8 Å². The van der Waals surface area contributed by atoms with Crippen LogP contribution in [0, 0.1) is 0 Å². The third-order valence-corrected chi connectivity index (χ3v) is 5.00. The number of aromatic nitrogens is 2. The molecule has 3 rings (SSSR count). The first kappa shape index (κ1) is 22.8. The molecule has 31 heavy (non-hydrogen) atoms. The number of halogens is 1. The van der Waals surface area contributed by atoms with Crippen molar-refractivity contribution in [2.75, 3.05) is 30.2 Å². The summed E-state index contributed by atoms with van der Waals surface area (Å²) in [5.74, 6) is 0.636. The minimum absolute atomic E-state index is 0.164. The molecule has 0 aliphatic rings. The molecule has 4 N–H and O–H groups in total. The third-order valence-electron chi connectivity index (χ3n) is 4.05. The summed E-state index contributed by atoms with van der Waals surface area (Å²) in [5.41, 5.74) is 9.78. The van der Waals surface area contributed by atoms with Gasteiger partial charge in [0.15, 0.2) is 5.69 Å². The van der Waals surface area contributed by atoms with Crippen molar-refractivity contribution in [3.8, 4) is 5.75 Å². The van der Waals surface area contributed by atoms with Crippen molar-refractivity contribution in [2.24, 2.45) is 5.73 Å². The average Bonchev–Trinajstić information content (AvgIpc) is 2.80. The zero-order valence-corrected chi connectivity index (χ0v) is 18.4. The maximum atomic E-state index is 12.6. The molecule has 8 nitrogen and oxygen atoms in total. The van der Waals surface area contributed by atoms with Crippen LogP contribution < -0.4 is 21.3 Å². The smallest absolute Gasteiger partial charge is 0.277 e. The number of rotatable bonds is 10. The monoisotopic (exact) mass is 459 g/mol. The number of hydrogen-bond donors (Lipinski definition) is 3. The van der Waals surface area contributed by atoms with Gasteiger partial charge in [0.2, 0.25) is 0 Å². The van der Waals surface area contributed by atoms with Crippen LogP contribution in [0.2, 0.25) is 5.02 Å². The van der Waals surface area contributed by atoms with Gasteiger partial charge in [-0.15, -0.1) is 11.8 Å². The Morgan fingerprint density at radius 1 is 1.23 bits per heavy atom. The highest BCUT2D eigenvalue weighted by molar-refractivity contribution is 7.98. The minimum atomic E-state index is -0.433. The first-order valence-electron chi connectivity index (χ1n) is 9.36. The van der Waals surface area contributed by atoms with Gasteiger partial charge in [-0.05, 0) is 42.7 Å². The van der Waals surface area contributed by atoms with Crippen LogP contribution in [-0.2, 0) is 11.4 Å². The summed E-state index contributed by atoms with van der Waals surface area (Å²) in [6, 6.07) is 12.5. The van der Waals surface area contributed by atoms with Crippen molar-refractivity contribution >= 4 is 40.8 Å². The molecule has 2 heterocycles. The fraction of sp³-hybridized carbons (Fsp3) is 0.190. The Kier molecular flexibility index (Phi) is 8.48. The number of amides is 1. The van der Waals surface area contributed by atoms with E-state index in [9.17, 15) is 4.79 Å². The molecule has 1 aromatic carbocycles. The Bertz CT molecular complexity index is 1020. The number of nitrogens with one attached hydrogen (secondary N) is 2. The lowest BCUT2D eigenvalue weighted by molar-refractivity contribution is 0.102. The zero-order valence-electron chi connectivity index (χ0n) is 16.8. The van der Waals surface area contributed by atoms with E-state index in [0.29, 0.717) is 35.4 Å². The molecule has 0 fully saturated rings. The molecule has 0 saturated heterocycles. The normalized spacial score (nSPS) is 10.5. The summed E-state index contributed by atoms with van der Waals surface area (Å²) in [6.07, 6.45) is 4.97. The molecule has 0 aliphatic carbocycles. The molecular weight excluding hydrogens is 438 g/mol. The molecule has 162 valence electrons. The van der Waals surface area contributed by atoms with Crippen LogP contribution in [0.15, 0.2) is 59.8 Å². The van der Waals surface area contributed by atoms with Gasteiger partial charge in [0.05, 0.1) is 10.7 Å². The number of carbonyl (C=O) groups excluding carboxylic acids is 1. The van der Waals surface area contributed by atoms with E-state index >= 15 is 0 Å². The number of nitrogens with zero attached hydrogens (tertiary/aromatic N) is 2. The topological polar surface area (TPSA) is 111 Å². The van der Waals surface area contributed by atoms with Gasteiger partial charge in [-0.3, -0.25) is 15.1 Å². The highest BCUT2D eigenvalue weighted by Gasteiger charge is 2.14. The fourth-order valence-corrected chi connectivity index (χ4v) is 3.11. The standard InChI is InChI=1S/C21H22ClN5O3S/c1-31-16-6-4-14(18(11-16)29-10-8-23)13-30-27-17-3-2-9-24-20(17)21(28)26-19-7-5-15(22)12-25-19/h2-7,9,11-12,27H,8,10,13,23H2,1H3,(H,25,26,28). The van der Waals surface area contributed by atoms with Crippen LogP contribution >= 0.6 is 23.4 Å². The van der Waals surface area contributed by atoms with Gasteiger partial charge in [0.25, 0.3) is 5.91 Å². The van der Waals surface area contributed by atoms with Gasteiger partial charge in [-0.25, -0.2) is 9.97 Å². The number of carbonyl (C=O) groups is 1. The van der Waals surface area contributed by atoms with E-state index in [0.717, 1.165) is 10.5 Å². The second-order valence-corrected chi connectivity index (χ2v) is 7.53. The maximum absolute atomic E-state index is 12.6. The predicted octanol–water partition coefficient (Wildman–Crippen LogP) is 3.99. The summed E-state index contributed by atoms with van der Waals surface area (Å²) in [7, 11) is 0. The molecule has 0 saturated carbocycles. The van der Waals surface area contributed by atoms with Crippen LogP contribution in [0.4, 0.5) is 11.5 Å². The predicted molar refractivity (Wildman–Crippen MR) is 123 cm³/mol.